The van der Waals surface area contributed by atoms with Crippen LogP contribution in [0, 0.1) is 0 Å². The van der Waals surface area contributed by atoms with Crippen LogP contribution in [0.2, 0.25) is 0 Å². The van der Waals surface area contributed by atoms with Crippen molar-refractivity contribution in [3.63, 3.8) is 0 Å². The average molecular weight is 238 g/mol. The van der Waals surface area contributed by atoms with Gasteiger partial charge in [0.25, 0.3) is 0 Å². The summed E-state index contributed by atoms with van der Waals surface area (Å²) < 4.78 is 0. The van der Waals surface area contributed by atoms with Crippen molar-refractivity contribution >= 4 is 23.7 Å². The topological polar surface area (TPSA) is 69.1 Å². The van der Waals surface area contributed by atoms with E-state index >= 15 is 0 Å². The van der Waals surface area contributed by atoms with Gasteiger partial charge in [-0.25, -0.2) is 4.98 Å². The Hall–Kier alpha value is -1.04. The molecule has 1 aromatic carbocycles. The molecule has 0 spiro atoms. The number of hydrogen-bond acceptors (Lipinski definition) is 4. The highest BCUT2D eigenvalue weighted by molar-refractivity contribution is 7.80. The number of benzene rings is 1. The van der Waals surface area contributed by atoms with E-state index in [1.165, 1.54) is 0 Å². The van der Waals surface area contributed by atoms with Crippen molar-refractivity contribution in [2.24, 2.45) is 0 Å². The third kappa shape index (κ3) is 2.21. The summed E-state index contributed by atoms with van der Waals surface area (Å²) in [6.45, 7) is 0. The number of thiol groups is 1. The highest BCUT2D eigenvalue weighted by Crippen LogP contribution is 2.22. The first kappa shape index (κ1) is 11.4. The van der Waals surface area contributed by atoms with E-state index in [0.29, 0.717) is 17.7 Å². The molecule has 0 saturated heterocycles. The molecule has 2 atom stereocenters. The van der Waals surface area contributed by atoms with Crippen molar-refractivity contribution in [1.82, 2.24) is 9.97 Å². The van der Waals surface area contributed by atoms with Crippen LogP contribution in [0.15, 0.2) is 24.5 Å². The highest BCUT2D eigenvalue weighted by Gasteiger charge is 2.17. The fraction of sp³-hybridized carbons (Fsp3) is 0.364. The van der Waals surface area contributed by atoms with Crippen LogP contribution in [0.1, 0.15) is 18.1 Å². The maximum Gasteiger partial charge on any atom is 0.105 e. The Bertz CT molecular complexity index is 472. The summed E-state index contributed by atoms with van der Waals surface area (Å²) in [5, 5.41) is 19.6. The van der Waals surface area contributed by atoms with Crippen LogP contribution < -0.4 is 0 Å². The molecule has 3 N–H and O–H groups in total. The molecule has 0 amide bonds. The molecule has 16 heavy (non-hydrogen) atoms. The van der Waals surface area contributed by atoms with Crippen LogP contribution in [0.3, 0.4) is 0 Å². The molecule has 4 nitrogen and oxygen atoms in total. The molecule has 5 heteroatoms. The molecule has 86 valence electrons. The van der Waals surface area contributed by atoms with Crippen molar-refractivity contribution < 1.29 is 10.2 Å². The number of fused-ring (bicyclic) bond motifs is 1. The van der Waals surface area contributed by atoms with Gasteiger partial charge in [-0.3, -0.25) is 0 Å². The van der Waals surface area contributed by atoms with Gasteiger partial charge in [0.2, 0.25) is 0 Å². The molecule has 0 radical (unpaired) electrons. The van der Waals surface area contributed by atoms with Gasteiger partial charge in [0.1, 0.15) is 6.10 Å². The van der Waals surface area contributed by atoms with Gasteiger partial charge in [-0.1, -0.05) is 6.07 Å². The number of nitrogens with zero attached hydrogens (tertiary/aromatic N) is 1. The standard InChI is InChI=1S/C11H14N2O2S/c14-10(3-4-16)11(15)7-1-2-8-9(5-7)13-6-12-8/h1-2,5-6,10-11,14-16H,3-4H2,(H,12,13). The number of hydrogen-bond donors (Lipinski definition) is 4. The van der Waals surface area contributed by atoms with E-state index < -0.39 is 12.2 Å². The van der Waals surface area contributed by atoms with Gasteiger partial charge in [-0.2, -0.15) is 12.6 Å². The highest BCUT2D eigenvalue weighted by atomic mass is 32.1. The average Bonchev–Trinajstić information content (AvgIpc) is 2.75. The minimum absolute atomic E-state index is 0.464. The molecule has 1 heterocycles. The Morgan fingerprint density at radius 2 is 2.19 bits per heavy atom. The van der Waals surface area contributed by atoms with Gasteiger partial charge in [-0.05, 0) is 29.9 Å². The van der Waals surface area contributed by atoms with Crippen molar-refractivity contribution in [1.29, 1.82) is 0 Å². The zero-order valence-electron chi connectivity index (χ0n) is 8.67. The van der Waals surface area contributed by atoms with Gasteiger partial charge in [-0.15, -0.1) is 0 Å². The zero-order valence-corrected chi connectivity index (χ0v) is 9.56. The summed E-state index contributed by atoms with van der Waals surface area (Å²) in [4.78, 5) is 7.06. The quantitative estimate of drug-likeness (QED) is 0.606. The molecule has 2 rings (SSSR count). The number of aliphatic hydroxyl groups is 2. The minimum Gasteiger partial charge on any atom is -0.390 e. The van der Waals surface area contributed by atoms with Crippen LogP contribution in [0.5, 0.6) is 0 Å². The number of aromatic nitrogens is 2. The Kier molecular flexibility index (Phi) is 3.48. The molecule has 2 aromatic rings. The van der Waals surface area contributed by atoms with Crippen molar-refractivity contribution in [3.05, 3.63) is 30.1 Å². The summed E-state index contributed by atoms with van der Waals surface area (Å²) in [6, 6.07) is 5.39. The van der Waals surface area contributed by atoms with Crippen LogP contribution in [0.25, 0.3) is 11.0 Å². The SMILES string of the molecule is OC(CCS)C(O)c1ccc2nc[nH]c2c1. The smallest absolute Gasteiger partial charge is 0.105 e. The first-order valence-corrected chi connectivity index (χ1v) is 5.75. The number of aromatic amines is 1. The Morgan fingerprint density at radius 3 is 2.94 bits per heavy atom. The normalized spacial score (nSPS) is 15.2. The van der Waals surface area contributed by atoms with Crippen LogP contribution in [-0.2, 0) is 0 Å². The van der Waals surface area contributed by atoms with E-state index in [0.717, 1.165) is 11.0 Å². The number of imidazole rings is 1. The van der Waals surface area contributed by atoms with Crippen molar-refractivity contribution in [2.75, 3.05) is 5.75 Å². The summed E-state index contributed by atoms with van der Waals surface area (Å²) in [7, 11) is 0. The monoisotopic (exact) mass is 238 g/mol. The summed E-state index contributed by atoms with van der Waals surface area (Å²) in [5.74, 6) is 0.546. The van der Waals surface area contributed by atoms with Gasteiger partial charge in [0, 0.05) is 0 Å². The van der Waals surface area contributed by atoms with E-state index in [2.05, 4.69) is 22.6 Å². The Balaban J connectivity index is 2.24. The molecular weight excluding hydrogens is 224 g/mol. The van der Waals surface area contributed by atoms with E-state index in [1.807, 2.05) is 6.07 Å². The third-order valence-corrected chi connectivity index (χ3v) is 2.83. The van der Waals surface area contributed by atoms with Gasteiger partial charge in [0.05, 0.1) is 23.5 Å². The fourth-order valence-corrected chi connectivity index (χ4v) is 1.91. The minimum atomic E-state index is -0.875. The van der Waals surface area contributed by atoms with Crippen molar-refractivity contribution in [2.45, 2.75) is 18.6 Å². The zero-order chi connectivity index (χ0) is 11.5. The summed E-state index contributed by atoms with van der Waals surface area (Å²) in [6.07, 6.45) is 0.411. The van der Waals surface area contributed by atoms with Crippen LogP contribution in [-0.4, -0.2) is 32.0 Å². The lowest BCUT2D eigenvalue weighted by molar-refractivity contribution is 0.0173. The molecule has 0 aliphatic heterocycles. The second kappa shape index (κ2) is 4.86. The fourth-order valence-electron chi connectivity index (χ4n) is 1.65. The molecular formula is C11H14N2O2S. The molecule has 0 saturated carbocycles. The number of rotatable bonds is 4. The lowest BCUT2D eigenvalue weighted by Gasteiger charge is -2.17. The number of nitrogens with one attached hydrogen (secondary N) is 1. The molecule has 0 fully saturated rings. The molecule has 0 bridgehead atoms. The van der Waals surface area contributed by atoms with Gasteiger partial charge < -0.3 is 15.2 Å². The van der Waals surface area contributed by atoms with E-state index in [1.54, 1.807) is 18.5 Å². The van der Waals surface area contributed by atoms with Crippen LogP contribution in [0.4, 0.5) is 0 Å². The predicted octanol–water partition coefficient (Wildman–Crippen LogP) is 1.28. The predicted molar refractivity (Wildman–Crippen MR) is 65.5 cm³/mol. The summed E-state index contributed by atoms with van der Waals surface area (Å²) >= 11 is 4.03. The van der Waals surface area contributed by atoms with Gasteiger partial charge in [0.15, 0.2) is 0 Å². The van der Waals surface area contributed by atoms with E-state index in [9.17, 15) is 10.2 Å². The number of aliphatic hydroxyl groups excluding tert-OH is 2. The second-order valence-corrected chi connectivity index (χ2v) is 4.15. The third-order valence-electron chi connectivity index (χ3n) is 2.58. The first-order valence-electron chi connectivity index (χ1n) is 5.12. The molecule has 0 aliphatic carbocycles. The molecule has 1 aromatic heterocycles. The van der Waals surface area contributed by atoms with Gasteiger partial charge >= 0.3 is 0 Å². The Morgan fingerprint density at radius 1 is 1.38 bits per heavy atom. The molecule has 2 unspecified atom stereocenters. The van der Waals surface area contributed by atoms with Crippen LogP contribution >= 0.6 is 12.6 Å². The second-order valence-electron chi connectivity index (χ2n) is 3.70. The maximum atomic E-state index is 9.90. The van der Waals surface area contributed by atoms with Crippen molar-refractivity contribution in [3.8, 4) is 0 Å². The first-order chi connectivity index (χ1) is 7.72. The Labute approximate surface area is 98.7 Å². The lowest BCUT2D eigenvalue weighted by atomic mass is 10.0. The lowest BCUT2D eigenvalue weighted by Crippen LogP contribution is -2.18. The molecule has 0 aliphatic rings. The number of H-pyrrole nitrogens is 1. The van der Waals surface area contributed by atoms with E-state index in [-0.39, 0.29) is 0 Å². The van der Waals surface area contributed by atoms with E-state index in [4.69, 9.17) is 0 Å². The largest absolute Gasteiger partial charge is 0.390 e. The maximum absolute atomic E-state index is 9.90. The summed E-state index contributed by atoms with van der Waals surface area (Å²) in [5.41, 5.74) is 2.39.